The third-order valence-corrected chi connectivity index (χ3v) is 6.67. The van der Waals surface area contributed by atoms with E-state index >= 15 is 0 Å². The summed E-state index contributed by atoms with van der Waals surface area (Å²) in [7, 11) is 1.54. The quantitative estimate of drug-likeness (QED) is 0.499. The number of likely N-dealkylation sites (tertiary alicyclic amines) is 1. The fourth-order valence-electron chi connectivity index (χ4n) is 4.90. The van der Waals surface area contributed by atoms with E-state index in [2.05, 4.69) is 0 Å². The monoisotopic (exact) mass is 467 g/mol. The van der Waals surface area contributed by atoms with Gasteiger partial charge in [0.15, 0.2) is 5.78 Å². The highest BCUT2D eigenvalue weighted by molar-refractivity contribution is 6.01. The number of morpholine rings is 1. The molecule has 0 radical (unpaired) electrons. The van der Waals surface area contributed by atoms with Gasteiger partial charge in [0.25, 0.3) is 11.6 Å². The summed E-state index contributed by atoms with van der Waals surface area (Å²) in [6.45, 7) is 2.76. The molecule has 1 amide bonds. The number of Topliss-reactive ketones (excluding diaryl/α,β-unsaturated/α-hetero) is 1. The van der Waals surface area contributed by atoms with E-state index in [1.807, 2.05) is 4.90 Å². The van der Waals surface area contributed by atoms with Crippen LogP contribution in [0.1, 0.15) is 33.6 Å². The summed E-state index contributed by atoms with van der Waals surface area (Å²) < 4.78 is 16.8. The zero-order valence-electron chi connectivity index (χ0n) is 18.8. The van der Waals surface area contributed by atoms with Crippen LogP contribution < -0.4 is 14.4 Å². The first-order chi connectivity index (χ1) is 16.4. The minimum atomic E-state index is -0.798. The van der Waals surface area contributed by atoms with Crippen LogP contribution in [-0.2, 0) is 4.74 Å². The Labute approximate surface area is 196 Å². The zero-order chi connectivity index (χ0) is 23.9. The Morgan fingerprint density at radius 2 is 1.94 bits per heavy atom. The number of rotatable bonds is 4. The predicted octanol–water partition coefficient (Wildman–Crippen LogP) is 2.69. The normalized spacial score (nSPS) is 21.9. The molecule has 1 unspecified atom stereocenters. The summed E-state index contributed by atoms with van der Waals surface area (Å²) >= 11 is 0. The van der Waals surface area contributed by atoms with Crippen molar-refractivity contribution in [1.82, 2.24) is 4.90 Å². The molecule has 0 aromatic heterocycles. The maximum absolute atomic E-state index is 13.3. The molecule has 3 heterocycles. The second-order valence-electron chi connectivity index (χ2n) is 8.78. The number of nitrogens with zero attached hydrogens (tertiary/aromatic N) is 3. The average molecular weight is 467 g/mol. The van der Waals surface area contributed by atoms with E-state index < -0.39 is 10.5 Å². The molecule has 3 aliphatic rings. The van der Waals surface area contributed by atoms with Crippen LogP contribution in [0.15, 0.2) is 36.4 Å². The molecule has 10 nitrogen and oxygen atoms in total. The number of nitro benzene ring substituents is 1. The van der Waals surface area contributed by atoms with Gasteiger partial charge >= 0.3 is 0 Å². The Morgan fingerprint density at radius 1 is 1.15 bits per heavy atom. The molecule has 2 aromatic rings. The number of ketones is 1. The second kappa shape index (κ2) is 8.60. The molecule has 3 aliphatic heterocycles. The smallest absolute Gasteiger partial charge is 0.293 e. The number of methoxy groups -OCH3 is 1. The van der Waals surface area contributed by atoms with Gasteiger partial charge in [-0.1, -0.05) is 0 Å². The average Bonchev–Trinajstić information content (AvgIpc) is 3.26. The van der Waals surface area contributed by atoms with Crippen LogP contribution in [0.25, 0.3) is 0 Å². The number of ether oxygens (including phenoxy) is 3. The third kappa shape index (κ3) is 3.94. The lowest BCUT2D eigenvalue weighted by Gasteiger charge is -2.34. The predicted molar refractivity (Wildman–Crippen MR) is 122 cm³/mol. The Bertz CT molecular complexity index is 1160. The minimum Gasteiger partial charge on any atom is -0.497 e. The lowest BCUT2D eigenvalue weighted by Crippen LogP contribution is -2.45. The van der Waals surface area contributed by atoms with Crippen LogP contribution in [0.2, 0.25) is 0 Å². The Morgan fingerprint density at radius 3 is 2.68 bits per heavy atom. The summed E-state index contributed by atoms with van der Waals surface area (Å²) in [5, 5.41) is 11.8. The van der Waals surface area contributed by atoms with E-state index in [-0.39, 0.29) is 35.9 Å². The van der Waals surface area contributed by atoms with Crippen LogP contribution in [-0.4, -0.2) is 73.6 Å². The summed E-state index contributed by atoms with van der Waals surface area (Å²) in [5.74, 6) is 0.693. The third-order valence-electron chi connectivity index (χ3n) is 6.67. The molecule has 0 bridgehead atoms. The molecule has 2 fully saturated rings. The van der Waals surface area contributed by atoms with E-state index in [9.17, 15) is 19.7 Å². The Hall–Kier alpha value is -3.66. The van der Waals surface area contributed by atoms with Gasteiger partial charge in [0.1, 0.15) is 22.8 Å². The van der Waals surface area contributed by atoms with Gasteiger partial charge in [0.2, 0.25) is 0 Å². The van der Waals surface area contributed by atoms with Crippen molar-refractivity contribution in [3.8, 4) is 11.5 Å². The molecule has 178 valence electrons. The fourth-order valence-corrected chi connectivity index (χ4v) is 4.90. The lowest BCUT2D eigenvalue weighted by atomic mass is 9.89. The molecule has 0 aliphatic carbocycles. The molecule has 0 saturated carbocycles. The van der Waals surface area contributed by atoms with Crippen molar-refractivity contribution in [3.05, 3.63) is 57.6 Å². The molecule has 2 aromatic carbocycles. The first kappa shape index (κ1) is 22.1. The van der Waals surface area contributed by atoms with Gasteiger partial charge in [0.05, 0.1) is 43.8 Å². The molecule has 1 spiro atoms. The summed E-state index contributed by atoms with van der Waals surface area (Å²) in [6.07, 6.45) is 0.664. The number of benzene rings is 2. The number of carbonyl (C=O) groups excluding carboxylic acids is 2. The topological polar surface area (TPSA) is 111 Å². The maximum Gasteiger partial charge on any atom is 0.293 e. The summed E-state index contributed by atoms with van der Waals surface area (Å²) in [4.78, 5) is 40.9. The van der Waals surface area contributed by atoms with Crippen molar-refractivity contribution in [2.24, 2.45) is 0 Å². The number of hydrogen-bond donors (Lipinski definition) is 0. The van der Waals surface area contributed by atoms with Crippen molar-refractivity contribution in [2.75, 3.05) is 51.4 Å². The first-order valence-corrected chi connectivity index (χ1v) is 11.2. The molecule has 0 N–H and O–H groups in total. The van der Waals surface area contributed by atoms with E-state index in [0.29, 0.717) is 62.0 Å². The lowest BCUT2D eigenvalue weighted by molar-refractivity contribution is -0.384. The minimum absolute atomic E-state index is 0.0556. The molecule has 2 saturated heterocycles. The SMILES string of the molecule is COc1ccc2c(c1)C(=O)CC1(CCN(C(=O)c3ccc(N4CCOCC4)c([N+](=O)[O-])c3)C1)O2. The largest absolute Gasteiger partial charge is 0.497 e. The van der Waals surface area contributed by atoms with E-state index in [1.165, 1.54) is 13.2 Å². The zero-order valence-corrected chi connectivity index (χ0v) is 18.8. The number of fused-ring (bicyclic) bond motifs is 1. The van der Waals surface area contributed by atoms with Crippen molar-refractivity contribution in [3.63, 3.8) is 0 Å². The molecule has 10 heteroatoms. The highest BCUT2D eigenvalue weighted by Gasteiger charge is 2.47. The number of carbonyl (C=O) groups is 2. The standard InChI is InChI=1S/C24H25N3O7/c1-32-17-3-5-22-18(13-17)21(28)14-24(34-22)6-7-26(15-24)23(29)16-2-4-19(20(12-16)27(30)31)25-8-10-33-11-9-25/h2-5,12-13H,6-11,14-15H2,1H3. The van der Waals surface area contributed by atoms with Crippen molar-refractivity contribution < 1.29 is 28.7 Å². The van der Waals surface area contributed by atoms with Gasteiger partial charge in [-0.15, -0.1) is 0 Å². The van der Waals surface area contributed by atoms with Crippen LogP contribution in [0, 0.1) is 10.1 Å². The molecule has 5 rings (SSSR count). The van der Waals surface area contributed by atoms with Gasteiger partial charge in [-0.05, 0) is 30.3 Å². The molecular formula is C24H25N3O7. The summed E-state index contributed by atoms with van der Waals surface area (Å²) in [5.41, 5.74) is 0.301. The van der Waals surface area contributed by atoms with E-state index in [0.717, 1.165) is 0 Å². The number of hydrogen-bond acceptors (Lipinski definition) is 8. The number of amides is 1. The first-order valence-electron chi connectivity index (χ1n) is 11.2. The number of anilines is 1. The van der Waals surface area contributed by atoms with E-state index in [1.54, 1.807) is 35.2 Å². The van der Waals surface area contributed by atoms with Crippen molar-refractivity contribution in [2.45, 2.75) is 18.4 Å². The van der Waals surface area contributed by atoms with Crippen LogP contribution in [0.5, 0.6) is 11.5 Å². The maximum atomic E-state index is 13.3. The van der Waals surface area contributed by atoms with Gasteiger partial charge in [-0.3, -0.25) is 19.7 Å². The van der Waals surface area contributed by atoms with Crippen LogP contribution >= 0.6 is 0 Å². The highest BCUT2D eigenvalue weighted by Crippen LogP contribution is 2.40. The second-order valence-corrected chi connectivity index (χ2v) is 8.78. The van der Waals surface area contributed by atoms with Crippen LogP contribution in [0.4, 0.5) is 11.4 Å². The number of nitro groups is 1. The van der Waals surface area contributed by atoms with Crippen LogP contribution in [0.3, 0.4) is 0 Å². The van der Waals surface area contributed by atoms with Gasteiger partial charge in [-0.25, -0.2) is 0 Å². The van der Waals surface area contributed by atoms with E-state index in [4.69, 9.17) is 14.2 Å². The Balaban J connectivity index is 1.35. The summed E-state index contributed by atoms with van der Waals surface area (Å²) in [6, 6.07) is 9.71. The Kier molecular flexibility index (Phi) is 5.60. The molecule has 1 atom stereocenters. The fraction of sp³-hybridized carbons (Fsp3) is 0.417. The van der Waals surface area contributed by atoms with Gasteiger partial charge < -0.3 is 24.0 Å². The van der Waals surface area contributed by atoms with Gasteiger partial charge in [0, 0.05) is 37.7 Å². The molecular weight excluding hydrogens is 442 g/mol. The van der Waals surface area contributed by atoms with Crippen molar-refractivity contribution >= 4 is 23.1 Å². The van der Waals surface area contributed by atoms with Gasteiger partial charge in [-0.2, -0.15) is 0 Å². The highest BCUT2D eigenvalue weighted by atomic mass is 16.6. The van der Waals surface area contributed by atoms with Crippen molar-refractivity contribution in [1.29, 1.82) is 0 Å². The molecule has 34 heavy (non-hydrogen) atoms.